The quantitative estimate of drug-likeness (QED) is 0.748. The van der Waals surface area contributed by atoms with Gasteiger partial charge in [-0.05, 0) is 36.4 Å². The Hall–Kier alpha value is -1.00. The molecule has 0 aromatic heterocycles. The number of rotatable bonds is 3. The van der Waals surface area contributed by atoms with Crippen LogP contribution in [0.15, 0.2) is 23.1 Å². The van der Waals surface area contributed by atoms with Crippen LogP contribution in [0, 0.1) is 6.92 Å². The number of carboxylic acid groups (broad SMARTS) is 1. The highest BCUT2D eigenvalue weighted by Gasteiger charge is 2.16. The number of hydrogen-bond donors (Lipinski definition) is 2. The van der Waals surface area contributed by atoms with E-state index >= 15 is 0 Å². The molecule has 14 heavy (non-hydrogen) atoms. The first-order valence-corrected chi connectivity index (χ1v) is 5.41. The zero-order valence-corrected chi connectivity index (χ0v) is 8.97. The third kappa shape index (κ3) is 2.27. The lowest BCUT2D eigenvalue weighted by Crippen LogP contribution is -2.21. The summed E-state index contributed by atoms with van der Waals surface area (Å²) in [6, 6.07) is 4.75. The van der Waals surface area contributed by atoms with Crippen LogP contribution in [0.25, 0.3) is 0 Å². The van der Waals surface area contributed by atoms with Crippen molar-refractivity contribution in [2.45, 2.75) is 17.9 Å². The Morgan fingerprint density at radius 2 is 2.21 bits per heavy atom. The van der Waals surface area contributed by atoms with Gasteiger partial charge in [-0.2, -0.15) is 0 Å². The normalized spacial score (nSPS) is 12.5. The molecule has 1 unspecified atom stereocenters. The lowest BCUT2D eigenvalue weighted by Gasteiger charge is -2.11. The molecule has 1 aromatic rings. The summed E-state index contributed by atoms with van der Waals surface area (Å²) in [6.45, 7) is 1.86. The van der Waals surface area contributed by atoms with E-state index in [1.54, 1.807) is 11.8 Å². The van der Waals surface area contributed by atoms with Crippen LogP contribution in [0.5, 0.6) is 0 Å². The molecule has 3 N–H and O–H groups in total. The van der Waals surface area contributed by atoms with Crippen molar-refractivity contribution in [1.29, 1.82) is 0 Å². The molecule has 0 aliphatic rings. The second-order valence-electron chi connectivity index (χ2n) is 3.04. The molecule has 0 radical (unpaired) electrons. The van der Waals surface area contributed by atoms with Gasteiger partial charge < -0.3 is 10.8 Å². The molecule has 1 rings (SSSR count). The van der Waals surface area contributed by atoms with E-state index in [0.29, 0.717) is 5.56 Å². The molecule has 3 nitrogen and oxygen atoms in total. The zero-order chi connectivity index (χ0) is 10.7. The maximum absolute atomic E-state index is 10.7. The predicted octanol–water partition coefficient (Wildman–Crippen LogP) is 1.80. The van der Waals surface area contributed by atoms with E-state index in [-0.39, 0.29) is 0 Å². The van der Waals surface area contributed by atoms with Gasteiger partial charge in [0.15, 0.2) is 0 Å². The van der Waals surface area contributed by atoms with Crippen LogP contribution in [0.1, 0.15) is 17.2 Å². The molecular formula is C10H13NO2S. The zero-order valence-electron chi connectivity index (χ0n) is 8.15. The van der Waals surface area contributed by atoms with Gasteiger partial charge >= 0.3 is 5.97 Å². The number of thioether (sulfide) groups is 1. The van der Waals surface area contributed by atoms with Gasteiger partial charge in [0.05, 0.1) is 0 Å². The predicted molar refractivity (Wildman–Crippen MR) is 57.5 cm³/mol. The van der Waals surface area contributed by atoms with Gasteiger partial charge in [0.1, 0.15) is 6.04 Å². The molecule has 76 valence electrons. The average molecular weight is 211 g/mol. The average Bonchev–Trinajstić information content (AvgIpc) is 2.17. The van der Waals surface area contributed by atoms with Gasteiger partial charge in [0.25, 0.3) is 0 Å². The summed E-state index contributed by atoms with van der Waals surface area (Å²) < 4.78 is 0. The van der Waals surface area contributed by atoms with E-state index in [4.69, 9.17) is 10.8 Å². The number of carbonyl (C=O) groups is 1. The van der Waals surface area contributed by atoms with E-state index < -0.39 is 12.0 Å². The van der Waals surface area contributed by atoms with Crippen LogP contribution in [-0.2, 0) is 4.79 Å². The Kier molecular flexibility index (Phi) is 3.55. The maximum Gasteiger partial charge on any atom is 0.325 e. The molecule has 0 saturated heterocycles. The Balaban J connectivity index is 3.11. The number of aliphatic carboxylic acids is 1. The molecule has 0 aliphatic carbocycles. The van der Waals surface area contributed by atoms with Gasteiger partial charge in [-0.25, -0.2) is 0 Å². The van der Waals surface area contributed by atoms with Crippen molar-refractivity contribution >= 4 is 17.7 Å². The monoisotopic (exact) mass is 211 g/mol. The highest BCUT2D eigenvalue weighted by Crippen LogP contribution is 2.22. The Morgan fingerprint density at radius 3 is 2.71 bits per heavy atom. The van der Waals surface area contributed by atoms with Crippen molar-refractivity contribution < 1.29 is 9.90 Å². The van der Waals surface area contributed by atoms with Crippen molar-refractivity contribution in [3.05, 3.63) is 29.3 Å². The summed E-state index contributed by atoms with van der Waals surface area (Å²) in [4.78, 5) is 11.7. The second kappa shape index (κ2) is 4.48. The SMILES string of the molecule is CSc1ccc(C)c(C(N)C(=O)O)c1. The molecule has 0 amide bonds. The minimum atomic E-state index is -0.994. The Labute approximate surface area is 87.3 Å². The number of benzene rings is 1. The fourth-order valence-corrected chi connectivity index (χ4v) is 1.66. The van der Waals surface area contributed by atoms with Gasteiger partial charge in [0, 0.05) is 4.90 Å². The summed E-state index contributed by atoms with van der Waals surface area (Å²) in [5.74, 6) is -0.994. The number of carboxylic acids is 1. The molecule has 1 atom stereocenters. The summed E-state index contributed by atoms with van der Waals surface area (Å²) >= 11 is 1.57. The van der Waals surface area contributed by atoms with E-state index in [2.05, 4.69) is 0 Å². The lowest BCUT2D eigenvalue weighted by atomic mass is 10.0. The first kappa shape index (κ1) is 11.1. The van der Waals surface area contributed by atoms with E-state index in [9.17, 15) is 4.79 Å². The molecule has 0 bridgehead atoms. The van der Waals surface area contributed by atoms with Crippen LogP contribution in [-0.4, -0.2) is 17.3 Å². The largest absolute Gasteiger partial charge is 0.480 e. The van der Waals surface area contributed by atoms with Gasteiger partial charge in [-0.15, -0.1) is 11.8 Å². The van der Waals surface area contributed by atoms with Gasteiger partial charge in [-0.3, -0.25) is 4.79 Å². The van der Waals surface area contributed by atoms with Crippen LogP contribution in [0.4, 0.5) is 0 Å². The third-order valence-corrected chi connectivity index (χ3v) is 2.81. The van der Waals surface area contributed by atoms with Gasteiger partial charge in [0.2, 0.25) is 0 Å². The molecule has 0 spiro atoms. The van der Waals surface area contributed by atoms with Crippen molar-refractivity contribution in [2.75, 3.05) is 6.26 Å². The van der Waals surface area contributed by atoms with E-state index in [1.807, 2.05) is 31.4 Å². The minimum absolute atomic E-state index is 0.685. The maximum atomic E-state index is 10.7. The first-order chi connectivity index (χ1) is 6.56. The molecule has 0 fully saturated rings. The van der Waals surface area contributed by atoms with Crippen molar-refractivity contribution in [3.63, 3.8) is 0 Å². The highest BCUT2D eigenvalue weighted by atomic mass is 32.2. The lowest BCUT2D eigenvalue weighted by molar-refractivity contribution is -0.138. The van der Waals surface area contributed by atoms with Crippen molar-refractivity contribution in [1.82, 2.24) is 0 Å². The first-order valence-electron chi connectivity index (χ1n) is 4.19. The molecule has 1 aromatic carbocycles. The molecule has 0 aliphatic heterocycles. The summed E-state index contributed by atoms with van der Waals surface area (Å²) in [5.41, 5.74) is 7.15. The molecule has 0 heterocycles. The number of aryl methyl sites for hydroxylation is 1. The summed E-state index contributed by atoms with van der Waals surface area (Å²) in [7, 11) is 0. The van der Waals surface area contributed by atoms with Crippen LogP contribution in [0.3, 0.4) is 0 Å². The molecular weight excluding hydrogens is 198 g/mol. The van der Waals surface area contributed by atoms with Gasteiger partial charge in [-0.1, -0.05) is 6.07 Å². The van der Waals surface area contributed by atoms with Crippen LogP contribution in [0.2, 0.25) is 0 Å². The topological polar surface area (TPSA) is 63.3 Å². The number of hydrogen-bond acceptors (Lipinski definition) is 3. The van der Waals surface area contributed by atoms with Crippen LogP contribution < -0.4 is 5.73 Å². The Bertz CT molecular complexity index is 352. The van der Waals surface area contributed by atoms with E-state index in [1.165, 1.54) is 0 Å². The minimum Gasteiger partial charge on any atom is -0.480 e. The van der Waals surface area contributed by atoms with E-state index in [0.717, 1.165) is 10.5 Å². The molecule has 4 heteroatoms. The fourth-order valence-electron chi connectivity index (χ4n) is 1.21. The summed E-state index contributed by atoms with van der Waals surface area (Å²) in [5, 5.41) is 8.79. The number of nitrogens with two attached hydrogens (primary N) is 1. The van der Waals surface area contributed by atoms with Crippen molar-refractivity contribution in [3.8, 4) is 0 Å². The Morgan fingerprint density at radius 1 is 1.57 bits per heavy atom. The highest BCUT2D eigenvalue weighted by molar-refractivity contribution is 7.98. The van der Waals surface area contributed by atoms with Crippen molar-refractivity contribution in [2.24, 2.45) is 5.73 Å². The summed E-state index contributed by atoms with van der Waals surface area (Å²) in [6.07, 6.45) is 1.95. The van der Waals surface area contributed by atoms with Crippen LogP contribution >= 0.6 is 11.8 Å². The molecule has 0 saturated carbocycles. The fraction of sp³-hybridized carbons (Fsp3) is 0.300. The second-order valence-corrected chi connectivity index (χ2v) is 3.92. The standard InChI is InChI=1S/C10H13NO2S/c1-6-3-4-7(14-2)5-8(6)9(11)10(12)13/h3-5,9H,11H2,1-2H3,(H,12,13). The smallest absolute Gasteiger partial charge is 0.325 e. The third-order valence-electron chi connectivity index (χ3n) is 2.09.